The van der Waals surface area contributed by atoms with Gasteiger partial charge >= 0.3 is 0 Å². The molecule has 35 heavy (non-hydrogen) atoms. The third kappa shape index (κ3) is 5.12. The van der Waals surface area contributed by atoms with Crippen molar-refractivity contribution in [2.24, 2.45) is 0 Å². The number of benzene rings is 4. The molecule has 5 aromatic rings. The molecule has 0 bridgehead atoms. The molecule has 5 rings (SSSR count). The topological polar surface area (TPSA) is 76.1 Å². The maximum atomic E-state index is 12.8. The monoisotopic (exact) mass is 460 g/mol. The van der Waals surface area contributed by atoms with Gasteiger partial charge in [-0.05, 0) is 41.8 Å². The zero-order chi connectivity index (χ0) is 24.0. The minimum Gasteiger partial charge on any atom is -0.497 e. The lowest BCUT2D eigenvalue weighted by molar-refractivity contribution is -0.114. The van der Waals surface area contributed by atoms with E-state index in [9.17, 15) is 4.79 Å². The van der Waals surface area contributed by atoms with E-state index in [0.717, 1.165) is 39.0 Å². The van der Waals surface area contributed by atoms with Crippen LogP contribution in [0.25, 0.3) is 33.3 Å². The molecular formula is C29H24N4O2. The molecule has 6 heteroatoms. The van der Waals surface area contributed by atoms with E-state index in [1.807, 2.05) is 103 Å². The summed E-state index contributed by atoms with van der Waals surface area (Å²) < 4.78 is 5.27. The van der Waals surface area contributed by atoms with Gasteiger partial charge in [-0.25, -0.2) is 9.97 Å². The molecule has 0 radical (unpaired) electrons. The minimum absolute atomic E-state index is 0.0881. The number of ether oxygens (including phenoxy) is 1. The van der Waals surface area contributed by atoms with Crippen LogP contribution in [0, 0.1) is 0 Å². The van der Waals surface area contributed by atoms with E-state index < -0.39 is 0 Å². The average Bonchev–Trinajstić information content (AvgIpc) is 2.92. The molecule has 0 atom stereocenters. The summed E-state index contributed by atoms with van der Waals surface area (Å²) in [6.07, 6.45) is 0. The Bertz CT molecular complexity index is 1460. The van der Waals surface area contributed by atoms with Gasteiger partial charge in [0.25, 0.3) is 0 Å². The van der Waals surface area contributed by atoms with Gasteiger partial charge in [-0.3, -0.25) is 10.1 Å². The third-order valence-corrected chi connectivity index (χ3v) is 5.66. The average molecular weight is 461 g/mol. The van der Waals surface area contributed by atoms with Gasteiger partial charge in [-0.1, -0.05) is 66.7 Å². The van der Waals surface area contributed by atoms with Crippen LogP contribution in [-0.2, 0) is 4.79 Å². The van der Waals surface area contributed by atoms with Crippen LogP contribution in [0.2, 0.25) is 0 Å². The number of carbonyl (C=O) groups excluding carboxylic acids is 1. The number of methoxy groups -OCH3 is 1. The van der Waals surface area contributed by atoms with E-state index in [0.29, 0.717) is 5.69 Å². The van der Waals surface area contributed by atoms with Crippen molar-refractivity contribution in [2.45, 2.75) is 0 Å². The van der Waals surface area contributed by atoms with Crippen molar-refractivity contribution in [3.63, 3.8) is 0 Å². The number of aromatic nitrogens is 2. The highest BCUT2D eigenvalue weighted by Crippen LogP contribution is 2.27. The second-order valence-electron chi connectivity index (χ2n) is 7.98. The summed E-state index contributed by atoms with van der Waals surface area (Å²) in [5, 5.41) is 8.26. The molecule has 172 valence electrons. The number of rotatable bonds is 7. The summed E-state index contributed by atoms with van der Waals surface area (Å²) in [6.45, 7) is 0.0881. The maximum Gasteiger partial charge on any atom is 0.246 e. The number of nitrogens with one attached hydrogen (secondary N) is 2. The lowest BCUT2D eigenvalue weighted by Crippen LogP contribution is -2.23. The van der Waals surface area contributed by atoms with E-state index in [2.05, 4.69) is 20.6 Å². The molecule has 4 aromatic carbocycles. The molecule has 1 aromatic heterocycles. The van der Waals surface area contributed by atoms with E-state index in [1.54, 1.807) is 7.11 Å². The van der Waals surface area contributed by atoms with Gasteiger partial charge in [-0.15, -0.1) is 0 Å². The number of fused-ring (bicyclic) bond motifs is 1. The summed E-state index contributed by atoms with van der Waals surface area (Å²) in [5.74, 6) is 0.782. The largest absolute Gasteiger partial charge is 0.497 e. The third-order valence-electron chi connectivity index (χ3n) is 5.66. The minimum atomic E-state index is -0.233. The van der Waals surface area contributed by atoms with Crippen molar-refractivity contribution in [1.29, 1.82) is 0 Å². The number of hydrogen-bond acceptors (Lipinski definition) is 5. The highest BCUT2D eigenvalue weighted by atomic mass is 16.5. The fourth-order valence-electron chi connectivity index (χ4n) is 3.89. The second kappa shape index (κ2) is 10.1. The zero-order valence-electron chi connectivity index (χ0n) is 19.2. The fourth-order valence-corrected chi connectivity index (χ4v) is 3.89. The van der Waals surface area contributed by atoms with Crippen molar-refractivity contribution in [1.82, 2.24) is 9.97 Å². The SMILES string of the molecule is COc1ccc(-c2cc(-c3ccccc3)nc(NC(=O)CNc3cccc4ccccc34)n2)cc1. The first kappa shape index (κ1) is 22.1. The smallest absolute Gasteiger partial charge is 0.246 e. The standard InChI is InChI=1S/C29H24N4O2/c1-35-23-16-14-22(15-17-23)27-18-26(21-9-3-2-4-10-21)31-29(32-27)33-28(34)19-30-25-13-7-11-20-8-5-6-12-24(20)25/h2-18,30H,19H2,1H3,(H,31,32,33,34). The maximum absolute atomic E-state index is 12.8. The van der Waals surface area contributed by atoms with Crippen LogP contribution in [0.1, 0.15) is 0 Å². The summed E-state index contributed by atoms with van der Waals surface area (Å²) in [4.78, 5) is 22.1. The second-order valence-corrected chi connectivity index (χ2v) is 7.98. The lowest BCUT2D eigenvalue weighted by Gasteiger charge is -2.12. The molecule has 2 N–H and O–H groups in total. The lowest BCUT2D eigenvalue weighted by atomic mass is 10.1. The summed E-state index contributed by atoms with van der Waals surface area (Å²) in [6, 6.07) is 33.4. The first-order valence-electron chi connectivity index (χ1n) is 11.3. The van der Waals surface area contributed by atoms with Crippen molar-refractivity contribution in [2.75, 3.05) is 24.3 Å². The van der Waals surface area contributed by atoms with Gasteiger partial charge in [0, 0.05) is 22.2 Å². The molecule has 0 saturated carbocycles. The van der Waals surface area contributed by atoms with Gasteiger partial charge in [0.2, 0.25) is 11.9 Å². The number of nitrogens with zero attached hydrogens (tertiary/aromatic N) is 2. The number of carbonyl (C=O) groups is 1. The predicted octanol–water partition coefficient (Wildman–Crippen LogP) is 6.02. The normalized spacial score (nSPS) is 10.7. The van der Waals surface area contributed by atoms with Crippen LogP contribution in [0.15, 0.2) is 103 Å². The molecule has 0 aliphatic carbocycles. The molecule has 0 saturated heterocycles. The van der Waals surface area contributed by atoms with Gasteiger partial charge < -0.3 is 10.1 Å². The van der Waals surface area contributed by atoms with Crippen molar-refractivity contribution >= 4 is 28.3 Å². The molecular weight excluding hydrogens is 436 g/mol. The van der Waals surface area contributed by atoms with E-state index in [-0.39, 0.29) is 18.4 Å². The Morgan fingerprint density at radius 2 is 1.43 bits per heavy atom. The quantitative estimate of drug-likeness (QED) is 0.310. The Hall–Kier alpha value is -4.71. The van der Waals surface area contributed by atoms with Crippen molar-refractivity contribution in [3.05, 3.63) is 103 Å². The zero-order valence-corrected chi connectivity index (χ0v) is 19.2. The Morgan fingerprint density at radius 3 is 2.17 bits per heavy atom. The Morgan fingerprint density at radius 1 is 0.771 bits per heavy atom. The summed E-state index contributed by atoms with van der Waals surface area (Å²) in [7, 11) is 1.63. The van der Waals surface area contributed by atoms with Gasteiger partial charge in [-0.2, -0.15) is 0 Å². The van der Waals surface area contributed by atoms with Crippen molar-refractivity contribution in [3.8, 4) is 28.3 Å². The molecule has 0 fully saturated rings. The van der Waals surface area contributed by atoms with Crippen molar-refractivity contribution < 1.29 is 9.53 Å². The highest BCUT2D eigenvalue weighted by Gasteiger charge is 2.12. The molecule has 0 aliphatic rings. The van der Waals surface area contributed by atoms with E-state index >= 15 is 0 Å². The Balaban J connectivity index is 1.40. The van der Waals surface area contributed by atoms with Crippen LogP contribution in [0.4, 0.5) is 11.6 Å². The summed E-state index contributed by atoms with van der Waals surface area (Å²) in [5.41, 5.74) is 4.17. The number of amides is 1. The Kier molecular flexibility index (Phi) is 6.35. The van der Waals surface area contributed by atoms with Crippen LogP contribution < -0.4 is 15.4 Å². The van der Waals surface area contributed by atoms with Gasteiger partial charge in [0.1, 0.15) is 5.75 Å². The molecule has 0 spiro atoms. The molecule has 6 nitrogen and oxygen atoms in total. The van der Waals surface area contributed by atoms with E-state index in [4.69, 9.17) is 4.74 Å². The molecule has 1 heterocycles. The van der Waals surface area contributed by atoms with Gasteiger partial charge in [0.15, 0.2) is 0 Å². The van der Waals surface area contributed by atoms with Crippen LogP contribution in [0.3, 0.4) is 0 Å². The van der Waals surface area contributed by atoms with Crippen LogP contribution in [-0.4, -0.2) is 29.5 Å². The number of anilines is 2. The summed E-state index contributed by atoms with van der Waals surface area (Å²) >= 11 is 0. The first-order valence-corrected chi connectivity index (χ1v) is 11.3. The van der Waals surface area contributed by atoms with Gasteiger partial charge in [0.05, 0.1) is 25.0 Å². The van der Waals surface area contributed by atoms with Crippen LogP contribution in [0.5, 0.6) is 5.75 Å². The highest BCUT2D eigenvalue weighted by molar-refractivity contribution is 5.97. The molecule has 0 unspecified atom stereocenters. The Labute approximate surface area is 203 Å². The molecule has 1 amide bonds. The molecule has 0 aliphatic heterocycles. The number of hydrogen-bond donors (Lipinski definition) is 2. The fraction of sp³-hybridized carbons (Fsp3) is 0.0690. The first-order chi connectivity index (χ1) is 17.2. The van der Waals surface area contributed by atoms with E-state index in [1.165, 1.54) is 0 Å². The predicted molar refractivity (Wildman–Crippen MR) is 141 cm³/mol. The van der Waals surface area contributed by atoms with Crippen LogP contribution >= 0.6 is 0 Å².